The Hall–Kier alpha value is -1.82. The van der Waals surface area contributed by atoms with Crippen LogP contribution in [0.25, 0.3) is 0 Å². The van der Waals surface area contributed by atoms with Crippen LogP contribution in [0.3, 0.4) is 0 Å². The van der Waals surface area contributed by atoms with E-state index in [0.717, 1.165) is 31.2 Å². The van der Waals surface area contributed by atoms with E-state index in [4.69, 9.17) is 0 Å². The highest BCUT2D eigenvalue weighted by atomic mass is 32.1. The summed E-state index contributed by atoms with van der Waals surface area (Å²) in [5.74, 6) is 0.863. The minimum atomic E-state index is 0.653. The van der Waals surface area contributed by atoms with Gasteiger partial charge in [0.05, 0.1) is 12.2 Å². The molecule has 5 nitrogen and oxygen atoms in total. The molecule has 0 spiro atoms. The first-order chi connectivity index (χ1) is 10.6. The van der Waals surface area contributed by atoms with E-state index < -0.39 is 0 Å². The van der Waals surface area contributed by atoms with Crippen LogP contribution in [0, 0.1) is 13.8 Å². The number of aryl methyl sites for hydroxylation is 2. The fourth-order valence-corrected chi connectivity index (χ4v) is 3.01. The second-order valence-electron chi connectivity index (χ2n) is 5.22. The van der Waals surface area contributed by atoms with Crippen LogP contribution in [-0.4, -0.2) is 28.8 Å². The van der Waals surface area contributed by atoms with E-state index in [-0.39, 0.29) is 0 Å². The lowest BCUT2D eigenvalue weighted by Gasteiger charge is -2.11. The van der Waals surface area contributed by atoms with Gasteiger partial charge in [-0.3, -0.25) is 4.68 Å². The van der Waals surface area contributed by atoms with Crippen molar-refractivity contribution in [1.82, 2.24) is 20.4 Å². The third kappa shape index (κ3) is 4.34. The van der Waals surface area contributed by atoms with Crippen LogP contribution >= 0.6 is 11.3 Å². The first kappa shape index (κ1) is 16.5. The van der Waals surface area contributed by atoms with Crippen molar-refractivity contribution in [3.63, 3.8) is 0 Å². The molecule has 2 aromatic rings. The molecule has 0 saturated heterocycles. The molecule has 2 heterocycles. The predicted molar refractivity (Wildman–Crippen MR) is 93.5 cm³/mol. The van der Waals surface area contributed by atoms with Crippen LogP contribution in [0.5, 0.6) is 0 Å². The van der Waals surface area contributed by atoms with Crippen molar-refractivity contribution < 1.29 is 0 Å². The summed E-state index contributed by atoms with van der Waals surface area (Å²) < 4.78 is 1.91. The molecule has 2 aromatic heterocycles. The number of aromatic nitrogens is 2. The van der Waals surface area contributed by atoms with Gasteiger partial charge in [0, 0.05) is 36.3 Å². The van der Waals surface area contributed by atoms with Crippen LogP contribution in [0.2, 0.25) is 0 Å². The van der Waals surface area contributed by atoms with Crippen molar-refractivity contribution >= 4 is 17.3 Å². The maximum atomic E-state index is 4.68. The molecule has 0 aliphatic rings. The Morgan fingerprint density at radius 1 is 1.36 bits per heavy atom. The third-order valence-corrected chi connectivity index (χ3v) is 4.58. The number of thiophene rings is 1. The molecule has 0 saturated carbocycles. The van der Waals surface area contributed by atoms with Crippen molar-refractivity contribution in [3.8, 4) is 0 Å². The molecule has 0 fully saturated rings. The smallest absolute Gasteiger partial charge is 0.191 e. The molecule has 22 heavy (non-hydrogen) atoms. The van der Waals surface area contributed by atoms with E-state index in [2.05, 4.69) is 52.1 Å². The molecule has 0 radical (unpaired) electrons. The van der Waals surface area contributed by atoms with Gasteiger partial charge in [-0.25, -0.2) is 4.99 Å². The van der Waals surface area contributed by atoms with Crippen molar-refractivity contribution in [2.24, 2.45) is 12.0 Å². The zero-order valence-corrected chi connectivity index (χ0v) is 14.6. The second kappa shape index (κ2) is 7.98. The van der Waals surface area contributed by atoms with Crippen LogP contribution in [0.15, 0.2) is 22.5 Å². The Balaban J connectivity index is 1.94. The molecule has 2 N–H and O–H groups in total. The molecule has 0 atom stereocenters. The predicted octanol–water partition coefficient (Wildman–Crippen LogP) is 2.40. The summed E-state index contributed by atoms with van der Waals surface area (Å²) in [4.78, 5) is 6.07. The highest BCUT2D eigenvalue weighted by Gasteiger charge is 2.08. The molecule has 2 rings (SSSR count). The fourth-order valence-electron chi connectivity index (χ4n) is 2.31. The number of hydrogen-bond donors (Lipinski definition) is 2. The third-order valence-electron chi connectivity index (χ3n) is 3.64. The van der Waals surface area contributed by atoms with E-state index in [9.17, 15) is 0 Å². The van der Waals surface area contributed by atoms with E-state index >= 15 is 0 Å². The highest BCUT2D eigenvalue weighted by Crippen LogP contribution is 2.12. The summed E-state index contributed by atoms with van der Waals surface area (Å²) in [6.45, 7) is 8.60. The number of guanidine groups is 1. The fraction of sp³-hybridized carbons (Fsp3) is 0.500. The summed E-state index contributed by atoms with van der Waals surface area (Å²) in [5.41, 5.74) is 3.44. The first-order valence-corrected chi connectivity index (χ1v) is 8.53. The Morgan fingerprint density at radius 3 is 2.77 bits per heavy atom. The van der Waals surface area contributed by atoms with Crippen LogP contribution in [0.1, 0.15) is 28.8 Å². The molecule has 0 unspecified atom stereocenters. The molecule has 0 aliphatic heterocycles. The van der Waals surface area contributed by atoms with Crippen LogP contribution in [0.4, 0.5) is 0 Å². The van der Waals surface area contributed by atoms with Gasteiger partial charge in [-0.05, 0) is 38.6 Å². The summed E-state index contributed by atoms with van der Waals surface area (Å²) in [7, 11) is 1.97. The lowest BCUT2D eigenvalue weighted by Crippen LogP contribution is -2.38. The Labute approximate surface area is 136 Å². The quantitative estimate of drug-likeness (QED) is 0.635. The Morgan fingerprint density at radius 2 is 2.18 bits per heavy atom. The van der Waals surface area contributed by atoms with E-state index in [1.54, 1.807) is 11.3 Å². The van der Waals surface area contributed by atoms with Crippen molar-refractivity contribution in [2.75, 3.05) is 13.1 Å². The molecule has 0 bridgehead atoms. The van der Waals surface area contributed by atoms with E-state index in [1.807, 2.05) is 18.7 Å². The zero-order chi connectivity index (χ0) is 15.9. The summed E-state index contributed by atoms with van der Waals surface area (Å²) >= 11 is 1.79. The standard InChI is InChI=1S/C16H25N5S/c1-5-17-16(18-9-8-14-7-6-10-22-14)19-11-15-12(2)20-21(4)13(15)3/h6-7,10H,5,8-9,11H2,1-4H3,(H2,17,18,19). The summed E-state index contributed by atoms with van der Waals surface area (Å²) in [6, 6.07) is 4.26. The van der Waals surface area contributed by atoms with Gasteiger partial charge in [-0.1, -0.05) is 6.07 Å². The van der Waals surface area contributed by atoms with Gasteiger partial charge in [0.25, 0.3) is 0 Å². The number of hydrogen-bond acceptors (Lipinski definition) is 3. The molecule has 0 amide bonds. The largest absolute Gasteiger partial charge is 0.357 e. The molecule has 0 aromatic carbocycles. The molecule has 6 heteroatoms. The van der Waals surface area contributed by atoms with Gasteiger partial charge in [0.2, 0.25) is 0 Å². The zero-order valence-electron chi connectivity index (χ0n) is 13.8. The maximum Gasteiger partial charge on any atom is 0.191 e. The SMILES string of the molecule is CCNC(=NCc1c(C)nn(C)c1C)NCCc1cccs1. The normalized spacial score (nSPS) is 11.7. The van der Waals surface area contributed by atoms with E-state index in [0.29, 0.717) is 6.54 Å². The van der Waals surface area contributed by atoms with Crippen molar-refractivity contribution in [1.29, 1.82) is 0 Å². The lowest BCUT2D eigenvalue weighted by molar-refractivity contribution is 0.730. The number of nitrogens with zero attached hydrogens (tertiary/aromatic N) is 3. The molecular formula is C16H25N5S. The average Bonchev–Trinajstić information content (AvgIpc) is 3.07. The minimum absolute atomic E-state index is 0.653. The van der Waals surface area contributed by atoms with Crippen molar-refractivity contribution in [2.45, 2.75) is 33.7 Å². The molecular weight excluding hydrogens is 294 g/mol. The maximum absolute atomic E-state index is 4.68. The summed E-state index contributed by atoms with van der Waals surface area (Å²) in [5, 5.41) is 13.2. The minimum Gasteiger partial charge on any atom is -0.357 e. The molecule has 0 aliphatic carbocycles. The van der Waals surface area contributed by atoms with Crippen LogP contribution in [-0.2, 0) is 20.0 Å². The Kier molecular flexibility index (Phi) is 6.00. The summed E-state index contributed by atoms with van der Waals surface area (Å²) in [6.07, 6.45) is 1.02. The lowest BCUT2D eigenvalue weighted by atomic mass is 10.2. The molecule has 120 valence electrons. The number of nitrogens with one attached hydrogen (secondary N) is 2. The van der Waals surface area contributed by atoms with E-state index in [1.165, 1.54) is 16.1 Å². The first-order valence-electron chi connectivity index (χ1n) is 7.65. The van der Waals surface area contributed by atoms with Gasteiger partial charge in [0.15, 0.2) is 5.96 Å². The van der Waals surface area contributed by atoms with Gasteiger partial charge in [-0.15, -0.1) is 11.3 Å². The monoisotopic (exact) mass is 319 g/mol. The van der Waals surface area contributed by atoms with Crippen LogP contribution < -0.4 is 10.6 Å². The second-order valence-corrected chi connectivity index (χ2v) is 6.26. The topological polar surface area (TPSA) is 54.2 Å². The van der Waals surface area contributed by atoms with Gasteiger partial charge < -0.3 is 10.6 Å². The van der Waals surface area contributed by atoms with Gasteiger partial charge in [-0.2, -0.15) is 5.10 Å². The number of aliphatic imine (C=N–C) groups is 1. The van der Waals surface area contributed by atoms with Crippen molar-refractivity contribution in [3.05, 3.63) is 39.3 Å². The van der Waals surface area contributed by atoms with Gasteiger partial charge >= 0.3 is 0 Å². The number of rotatable bonds is 6. The Bertz CT molecular complexity index is 613. The van der Waals surface area contributed by atoms with Gasteiger partial charge in [0.1, 0.15) is 0 Å². The average molecular weight is 319 g/mol. The highest BCUT2D eigenvalue weighted by molar-refractivity contribution is 7.09.